The minimum Gasteiger partial charge on any atom is -0.506 e. The highest BCUT2D eigenvalue weighted by Gasteiger charge is 2.07. The van der Waals surface area contributed by atoms with Gasteiger partial charge in [-0.05, 0) is 12.1 Å². The van der Waals surface area contributed by atoms with Crippen LogP contribution < -0.4 is 0 Å². The molecule has 0 fully saturated rings. The van der Waals surface area contributed by atoms with Gasteiger partial charge in [0.15, 0.2) is 0 Å². The first-order valence-electron chi connectivity index (χ1n) is 4.26. The third kappa shape index (κ3) is 0.771. The molecule has 1 aromatic carbocycles. The van der Waals surface area contributed by atoms with E-state index in [1.165, 1.54) is 12.4 Å². The van der Waals surface area contributed by atoms with E-state index in [9.17, 15) is 10.2 Å². The maximum atomic E-state index is 9.47. The first-order valence-corrected chi connectivity index (χ1v) is 4.26. The number of rotatable bonds is 0. The Morgan fingerprint density at radius 3 is 1.64 bits per heavy atom. The van der Waals surface area contributed by atoms with Crippen molar-refractivity contribution >= 4 is 21.8 Å². The van der Waals surface area contributed by atoms with E-state index in [1.807, 2.05) is 0 Å². The van der Waals surface area contributed by atoms with Crippen LogP contribution >= 0.6 is 0 Å². The molecule has 0 saturated heterocycles. The SMILES string of the molecule is Oc1c[nH]c2cc3c(O)c[nH]c3cc12. The fourth-order valence-corrected chi connectivity index (χ4v) is 1.71. The van der Waals surface area contributed by atoms with Crippen molar-refractivity contribution in [1.29, 1.82) is 0 Å². The zero-order chi connectivity index (χ0) is 9.71. The van der Waals surface area contributed by atoms with Crippen LogP contribution in [0.15, 0.2) is 24.5 Å². The summed E-state index contributed by atoms with van der Waals surface area (Å²) in [6.45, 7) is 0. The highest BCUT2D eigenvalue weighted by atomic mass is 16.3. The average Bonchev–Trinajstić information content (AvgIpc) is 2.71. The second-order valence-corrected chi connectivity index (χ2v) is 3.29. The number of aromatic amines is 2. The Balaban J connectivity index is 2.56. The van der Waals surface area contributed by atoms with Crippen molar-refractivity contribution in [3.05, 3.63) is 24.5 Å². The molecule has 0 saturated carbocycles. The summed E-state index contributed by atoms with van der Waals surface area (Å²) < 4.78 is 0. The molecule has 4 heteroatoms. The number of benzene rings is 1. The van der Waals surface area contributed by atoms with Crippen molar-refractivity contribution in [2.45, 2.75) is 0 Å². The van der Waals surface area contributed by atoms with Gasteiger partial charge in [-0.3, -0.25) is 0 Å². The van der Waals surface area contributed by atoms with E-state index in [4.69, 9.17) is 0 Å². The van der Waals surface area contributed by atoms with Crippen LogP contribution in [0, 0.1) is 0 Å². The van der Waals surface area contributed by atoms with E-state index < -0.39 is 0 Å². The van der Waals surface area contributed by atoms with E-state index in [1.54, 1.807) is 12.1 Å². The minimum absolute atomic E-state index is 0.219. The van der Waals surface area contributed by atoms with E-state index in [0.29, 0.717) is 0 Å². The van der Waals surface area contributed by atoms with Gasteiger partial charge >= 0.3 is 0 Å². The molecule has 14 heavy (non-hydrogen) atoms. The van der Waals surface area contributed by atoms with E-state index >= 15 is 0 Å². The third-order valence-corrected chi connectivity index (χ3v) is 2.44. The molecule has 0 aliphatic heterocycles. The molecule has 0 aliphatic rings. The fraction of sp³-hybridized carbons (Fsp3) is 0. The summed E-state index contributed by atoms with van der Waals surface area (Å²) in [6, 6.07) is 3.60. The molecule has 3 aromatic rings. The molecule has 0 atom stereocenters. The van der Waals surface area contributed by atoms with Gasteiger partial charge in [-0.25, -0.2) is 0 Å². The van der Waals surface area contributed by atoms with Gasteiger partial charge in [0, 0.05) is 23.2 Å². The largest absolute Gasteiger partial charge is 0.506 e. The van der Waals surface area contributed by atoms with Crippen molar-refractivity contribution in [2.75, 3.05) is 0 Å². The lowest BCUT2D eigenvalue weighted by Crippen LogP contribution is -1.70. The molecule has 2 heterocycles. The summed E-state index contributed by atoms with van der Waals surface area (Å²) in [5.74, 6) is 0.437. The maximum Gasteiger partial charge on any atom is 0.140 e. The van der Waals surface area contributed by atoms with Gasteiger partial charge in [0.1, 0.15) is 11.5 Å². The molecule has 3 rings (SSSR count). The van der Waals surface area contributed by atoms with Gasteiger partial charge in [-0.15, -0.1) is 0 Å². The molecule has 2 aromatic heterocycles. The highest BCUT2D eigenvalue weighted by Crippen LogP contribution is 2.32. The monoisotopic (exact) mass is 188 g/mol. The standard InChI is InChI=1S/C10H8N2O2/c13-9-3-12-8-2-6-7(1-5(8)9)11-4-10(6)14/h1-4,11-14H. The second-order valence-electron chi connectivity index (χ2n) is 3.29. The number of nitrogens with one attached hydrogen (secondary N) is 2. The average molecular weight is 188 g/mol. The van der Waals surface area contributed by atoms with E-state index in [-0.39, 0.29) is 11.5 Å². The van der Waals surface area contributed by atoms with Crippen molar-refractivity contribution in [2.24, 2.45) is 0 Å². The normalized spacial score (nSPS) is 11.4. The Hall–Kier alpha value is -2.10. The predicted octanol–water partition coefficient (Wildman–Crippen LogP) is 2.06. The van der Waals surface area contributed by atoms with Crippen LogP contribution in [0.4, 0.5) is 0 Å². The molecule has 4 N–H and O–H groups in total. The second kappa shape index (κ2) is 2.23. The number of hydrogen-bond donors (Lipinski definition) is 4. The van der Waals surface area contributed by atoms with Crippen LogP contribution in [0.5, 0.6) is 11.5 Å². The molecule has 0 amide bonds. The molecule has 0 aliphatic carbocycles. The number of aromatic nitrogens is 2. The zero-order valence-corrected chi connectivity index (χ0v) is 7.20. The molecular weight excluding hydrogens is 180 g/mol. The summed E-state index contributed by atoms with van der Waals surface area (Å²) in [5, 5.41) is 20.4. The summed E-state index contributed by atoms with van der Waals surface area (Å²) in [4.78, 5) is 5.84. The van der Waals surface area contributed by atoms with Gasteiger partial charge in [-0.2, -0.15) is 0 Å². The smallest absolute Gasteiger partial charge is 0.140 e. The quantitative estimate of drug-likeness (QED) is 0.436. The molecule has 0 spiro atoms. The number of hydrogen-bond acceptors (Lipinski definition) is 2. The van der Waals surface area contributed by atoms with Crippen molar-refractivity contribution in [3.63, 3.8) is 0 Å². The van der Waals surface area contributed by atoms with Crippen LogP contribution in [0.25, 0.3) is 21.8 Å². The molecule has 4 nitrogen and oxygen atoms in total. The van der Waals surface area contributed by atoms with Crippen molar-refractivity contribution in [1.82, 2.24) is 9.97 Å². The van der Waals surface area contributed by atoms with Crippen LogP contribution in [-0.4, -0.2) is 20.2 Å². The van der Waals surface area contributed by atoms with Crippen LogP contribution in [0.3, 0.4) is 0 Å². The molecule has 0 radical (unpaired) electrons. The number of aromatic hydroxyl groups is 2. The minimum atomic E-state index is 0.219. The van der Waals surface area contributed by atoms with Crippen molar-refractivity contribution < 1.29 is 10.2 Å². The number of fused-ring (bicyclic) bond motifs is 2. The Morgan fingerprint density at radius 1 is 0.786 bits per heavy atom. The Morgan fingerprint density at radius 2 is 1.21 bits per heavy atom. The van der Waals surface area contributed by atoms with Gasteiger partial charge < -0.3 is 20.2 Å². The Bertz CT molecular complexity index is 565. The maximum absolute atomic E-state index is 9.47. The molecule has 0 bridgehead atoms. The lowest BCUT2D eigenvalue weighted by Gasteiger charge is -1.93. The highest BCUT2D eigenvalue weighted by molar-refractivity contribution is 6.00. The van der Waals surface area contributed by atoms with E-state index in [0.717, 1.165) is 21.8 Å². The fourth-order valence-electron chi connectivity index (χ4n) is 1.71. The topological polar surface area (TPSA) is 72.0 Å². The predicted molar refractivity (Wildman–Crippen MR) is 53.5 cm³/mol. The van der Waals surface area contributed by atoms with Crippen molar-refractivity contribution in [3.8, 4) is 11.5 Å². The van der Waals surface area contributed by atoms with Crippen LogP contribution in [0.2, 0.25) is 0 Å². The van der Waals surface area contributed by atoms with E-state index in [2.05, 4.69) is 9.97 Å². The van der Waals surface area contributed by atoms with Gasteiger partial charge in [0.25, 0.3) is 0 Å². The van der Waals surface area contributed by atoms with Gasteiger partial charge in [-0.1, -0.05) is 0 Å². The summed E-state index contributed by atoms with van der Waals surface area (Å²) >= 11 is 0. The lowest BCUT2D eigenvalue weighted by molar-refractivity contribution is 0.481. The molecule has 0 unspecified atom stereocenters. The first-order chi connectivity index (χ1) is 6.75. The number of H-pyrrole nitrogens is 2. The zero-order valence-electron chi connectivity index (χ0n) is 7.20. The summed E-state index contributed by atoms with van der Waals surface area (Å²) in [6.07, 6.45) is 3.06. The first kappa shape index (κ1) is 7.32. The van der Waals surface area contributed by atoms with Gasteiger partial charge in [0.2, 0.25) is 0 Å². The lowest BCUT2D eigenvalue weighted by atomic mass is 10.2. The van der Waals surface area contributed by atoms with Crippen LogP contribution in [0.1, 0.15) is 0 Å². The Labute approximate surface area is 78.8 Å². The van der Waals surface area contributed by atoms with Crippen LogP contribution in [-0.2, 0) is 0 Å². The van der Waals surface area contributed by atoms with Gasteiger partial charge in [0.05, 0.1) is 11.0 Å². The summed E-state index contributed by atoms with van der Waals surface area (Å²) in [5.41, 5.74) is 1.62. The summed E-state index contributed by atoms with van der Waals surface area (Å²) in [7, 11) is 0. The molecule has 70 valence electrons. The third-order valence-electron chi connectivity index (χ3n) is 2.44. The molecular formula is C10H8N2O2. The Kier molecular flexibility index (Phi) is 1.16.